The zero-order valence-corrected chi connectivity index (χ0v) is 5.97. The average molecular weight is 168 g/mol. The van der Waals surface area contributed by atoms with Crippen molar-refractivity contribution in [2.45, 2.75) is 0 Å². The molecule has 0 aliphatic rings. The van der Waals surface area contributed by atoms with Crippen LogP contribution in [0.4, 0.5) is 8.78 Å². The highest BCUT2D eigenvalue weighted by atomic mass is 19.2. The molecule has 61 valence electrons. The Morgan fingerprint density at radius 2 is 2.33 bits per heavy atom. The van der Waals surface area contributed by atoms with Crippen LogP contribution in [0.2, 0.25) is 0 Å². The summed E-state index contributed by atoms with van der Waals surface area (Å²) in [5.74, 6) is -2.49. The number of ether oxygens (including phenoxy) is 1. The summed E-state index contributed by atoms with van der Waals surface area (Å²) in [6.07, 6.45) is 0. The molecule has 1 aromatic rings. The largest absolute Gasteiger partial charge is 0.475 e. The first-order valence-electron chi connectivity index (χ1n) is 3.11. The van der Waals surface area contributed by atoms with Crippen LogP contribution in [0.5, 0.6) is 5.75 Å². The fraction of sp³-hybridized carbons (Fsp3) is 0.125. The van der Waals surface area contributed by atoms with Gasteiger partial charge in [-0.15, -0.1) is 0 Å². The molecule has 0 unspecified atom stereocenters. The van der Waals surface area contributed by atoms with Crippen molar-refractivity contribution in [3.05, 3.63) is 29.8 Å². The predicted octanol–water partition coefficient (Wildman–Crippen LogP) is 1.67. The molecule has 0 bridgehead atoms. The lowest BCUT2D eigenvalue weighted by atomic mass is 10.3. The lowest BCUT2D eigenvalue weighted by Crippen LogP contribution is -1.97. The van der Waals surface area contributed by atoms with Crippen LogP contribution in [0.3, 0.4) is 0 Å². The van der Waals surface area contributed by atoms with E-state index in [0.717, 1.165) is 6.07 Å². The number of rotatable bonds is 2. The first-order valence-corrected chi connectivity index (χ1v) is 3.11. The van der Waals surface area contributed by atoms with E-state index >= 15 is 0 Å². The number of nitriles is 1. The van der Waals surface area contributed by atoms with E-state index in [1.807, 2.05) is 0 Å². The minimum absolute atomic E-state index is 0.323. The van der Waals surface area contributed by atoms with Crippen molar-refractivity contribution in [1.82, 2.24) is 0 Å². The summed E-state index contributed by atoms with van der Waals surface area (Å²) >= 11 is 0. The fourth-order valence-electron chi connectivity index (χ4n) is 0.645. The smallest absolute Gasteiger partial charge is 0.201 e. The summed E-state index contributed by atoms with van der Waals surface area (Å²) in [4.78, 5) is 0. The maximum Gasteiger partial charge on any atom is 0.201 e. The molecule has 0 aliphatic carbocycles. The van der Waals surface area contributed by atoms with E-state index in [0.29, 0.717) is 0 Å². The third-order valence-corrected chi connectivity index (χ3v) is 1.13. The van der Waals surface area contributed by atoms with Crippen molar-refractivity contribution in [2.75, 3.05) is 6.61 Å². The van der Waals surface area contributed by atoms with E-state index < -0.39 is 11.6 Å². The van der Waals surface area contributed by atoms with Crippen molar-refractivity contribution in [3.63, 3.8) is 0 Å². The fourth-order valence-corrected chi connectivity index (χ4v) is 0.645. The lowest BCUT2D eigenvalue weighted by Gasteiger charge is -2.01. The lowest BCUT2D eigenvalue weighted by molar-refractivity contribution is 0.336. The van der Waals surface area contributed by atoms with Gasteiger partial charge in [-0.05, 0) is 12.1 Å². The maximum absolute atomic E-state index is 12.7. The Balaban J connectivity index is 2.86. The Kier molecular flexibility index (Phi) is 2.59. The summed E-state index contributed by atoms with van der Waals surface area (Å²) < 4.78 is 29.7. The molecule has 0 heterocycles. The van der Waals surface area contributed by atoms with Crippen molar-refractivity contribution in [1.29, 1.82) is 5.26 Å². The second-order valence-corrected chi connectivity index (χ2v) is 1.92. The van der Waals surface area contributed by atoms with Gasteiger partial charge < -0.3 is 4.74 Å². The Labute approximate surface area is 68.0 Å². The molecule has 1 radical (unpaired) electrons. The van der Waals surface area contributed by atoms with E-state index in [1.165, 1.54) is 6.07 Å². The standard InChI is InChI=1S/C8H4F2NO/c9-6-2-1-3-7(8(6)10)12-5-4-11/h1-2H,5H2. The van der Waals surface area contributed by atoms with Gasteiger partial charge in [0.05, 0.1) is 0 Å². The van der Waals surface area contributed by atoms with E-state index in [-0.39, 0.29) is 12.4 Å². The van der Waals surface area contributed by atoms with Crippen molar-refractivity contribution in [3.8, 4) is 11.8 Å². The highest BCUT2D eigenvalue weighted by Gasteiger charge is 2.07. The molecule has 0 atom stereocenters. The molecule has 0 aromatic heterocycles. The van der Waals surface area contributed by atoms with Crippen LogP contribution in [-0.4, -0.2) is 6.61 Å². The van der Waals surface area contributed by atoms with Gasteiger partial charge in [-0.1, -0.05) is 0 Å². The quantitative estimate of drug-likeness (QED) is 0.672. The van der Waals surface area contributed by atoms with E-state index in [1.54, 1.807) is 6.07 Å². The van der Waals surface area contributed by atoms with Gasteiger partial charge in [0, 0.05) is 6.07 Å². The molecule has 0 fully saturated rings. The molecule has 4 heteroatoms. The average Bonchev–Trinajstić information content (AvgIpc) is 2.08. The number of halogens is 2. The van der Waals surface area contributed by atoms with Gasteiger partial charge in [0.15, 0.2) is 18.2 Å². The van der Waals surface area contributed by atoms with Gasteiger partial charge in [0.2, 0.25) is 5.82 Å². The zero-order valence-electron chi connectivity index (χ0n) is 5.97. The summed E-state index contributed by atoms with van der Waals surface area (Å²) in [7, 11) is 0. The summed E-state index contributed by atoms with van der Waals surface area (Å²) in [5.41, 5.74) is 0. The maximum atomic E-state index is 12.7. The Morgan fingerprint density at radius 1 is 1.58 bits per heavy atom. The molecule has 0 aliphatic heterocycles. The summed E-state index contributed by atoms with van der Waals surface area (Å²) in [5, 5.41) is 8.08. The van der Waals surface area contributed by atoms with Crippen LogP contribution in [-0.2, 0) is 0 Å². The van der Waals surface area contributed by atoms with Gasteiger partial charge in [0.1, 0.15) is 6.07 Å². The minimum Gasteiger partial charge on any atom is -0.475 e. The molecule has 0 saturated carbocycles. The molecule has 2 nitrogen and oxygen atoms in total. The monoisotopic (exact) mass is 168 g/mol. The number of benzene rings is 1. The van der Waals surface area contributed by atoms with Gasteiger partial charge >= 0.3 is 0 Å². The van der Waals surface area contributed by atoms with E-state index in [9.17, 15) is 8.78 Å². The van der Waals surface area contributed by atoms with E-state index in [4.69, 9.17) is 5.26 Å². The first kappa shape index (κ1) is 8.47. The van der Waals surface area contributed by atoms with Gasteiger partial charge in [-0.25, -0.2) is 4.39 Å². The minimum atomic E-state index is -1.12. The van der Waals surface area contributed by atoms with Crippen LogP contribution < -0.4 is 4.74 Å². The van der Waals surface area contributed by atoms with Crippen LogP contribution in [0.15, 0.2) is 12.1 Å². The molecule has 0 amide bonds. The third-order valence-electron chi connectivity index (χ3n) is 1.13. The molecule has 1 rings (SSSR count). The molecular formula is C8H4F2NO. The van der Waals surface area contributed by atoms with Crippen LogP contribution >= 0.6 is 0 Å². The molecule has 1 aromatic carbocycles. The van der Waals surface area contributed by atoms with Gasteiger partial charge in [-0.3, -0.25) is 0 Å². The van der Waals surface area contributed by atoms with Crippen LogP contribution in [0, 0.1) is 29.0 Å². The highest BCUT2D eigenvalue weighted by molar-refractivity contribution is 5.23. The predicted molar refractivity (Wildman–Crippen MR) is 36.3 cm³/mol. The van der Waals surface area contributed by atoms with Crippen molar-refractivity contribution < 1.29 is 13.5 Å². The van der Waals surface area contributed by atoms with Crippen LogP contribution in [0.25, 0.3) is 0 Å². The molecular weight excluding hydrogens is 164 g/mol. The number of hydrogen-bond acceptors (Lipinski definition) is 2. The summed E-state index contributed by atoms with van der Waals surface area (Å²) in [6.45, 7) is -0.323. The normalized spacial score (nSPS) is 9.08. The van der Waals surface area contributed by atoms with Crippen LogP contribution in [0.1, 0.15) is 0 Å². The Hall–Kier alpha value is -1.63. The SMILES string of the molecule is N#CCOc1[c]ccc(F)c1F. The molecule has 0 saturated heterocycles. The van der Waals surface area contributed by atoms with Crippen molar-refractivity contribution in [2.24, 2.45) is 0 Å². The molecule has 0 N–H and O–H groups in total. The number of hydrogen-bond donors (Lipinski definition) is 0. The second-order valence-electron chi connectivity index (χ2n) is 1.92. The molecule has 12 heavy (non-hydrogen) atoms. The second kappa shape index (κ2) is 3.67. The topological polar surface area (TPSA) is 33.0 Å². The van der Waals surface area contributed by atoms with E-state index in [2.05, 4.69) is 10.8 Å². The first-order chi connectivity index (χ1) is 5.75. The summed E-state index contributed by atoms with van der Waals surface area (Å²) in [6, 6.07) is 6.07. The molecule has 0 spiro atoms. The Morgan fingerprint density at radius 3 is 3.00 bits per heavy atom. The van der Waals surface area contributed by atoms with Gasteiger partial charge in [-0.2, -0.15) is 9.65 Å². The van der Waals surface area contributed by atoms with Gasteiger partial charge in [0.25, 0.3) is 0 Å². The van der Waals surface area contributed by atoms with Crippen molar-refractivity contribution >= 4 is 0 Å². The third kappa shape index (κ3) is 1.70. The highest BCUT2D eigenvalue weighted by Crippen LogP contribution is 2.17. The zero-order chi connectivity index (χ0) is 8.97. The number of nitrogens with zero attached hydrogens (tertiary/aromatic N) is 1. The Bertz CT molecular complexity index is 319.